The molecular formula is C13H19N3O4S. The molecule has 0 bridgehead atoms. The van der Waals surface area contributed by atoms with Gasteiger partial charge in [-0.05, 0) is 50.4 Å². The Hall–Kier alpha value is -1.51. The first-order valence-corrected chi connectivity index (χ1v) is 8.25. The van der Waals surface area contributed by atoms with Gasteiger partial charge in [-0.2, -0.15) is 0 Å². The SMILES string of the molecule is Cc1cc([N+](=O)[O-])cc(S(=O)(=O)NCC2CCNC2)c1C. The van der Waals surface area contributed by atoms with E-state index in [2.05, 4.69) is 10.0 Å². The van der Waals surface area contributed by atoms with Crippen molar-refractivity contribution < 1.29 is 13.3 Å². The molecule has 116 valence electrons. The van der Waals surface area contributed by atoms with Crippen LogP contribution >= 0.6 is 0 Å². The van der Waals surface area contributed by atoms with E-state index in [0.717, 1.165) is 25.6 Å². The molecule has 0 radical (unpaired) electrons. The van der Waals surface area contributed by atoms with Crippen molar-refractivity contribution in [2.24, 2.45) is 5.92 Å². The second-order valence-corrected chi connectivity index (χ2v) is 7.09. The van der Waals surface area contributed by atoms with E-state index in [1.54, 1.807) is 13.8 Å². The van der Waals surface area contributed by atoms with Crippen molar-refractivity contribution in [1.29, 1.82) is 0 Å². The molecule has 1 unspecified atom stereocenters. The molecule has 2 N–H and O–H groups in total. The number of hydrogen-bond donors (Lipinski definition) is 2. The number of non-ortho nitro benzene ring substituents is 1. The van der Waals surface area contributed by atoms with Gasteiger partial charge in [-0.15, -0.1) is 0 Å². The molecule has 0 aromatic heterocycles. The number of hydrogen-bond acceptors (Lipinski definition) is 5. The zero-order chi connectivity index (χ0) is 15.6. The van der Waals surface area contributed by atoms with Crippen molar-refractivity contribution in [3.8, 4) is 0 Å². The van der Waals surface area contributed by atoms with Gasteiger partial charge < -0.3 is 5.32 Å². The number of nitro groups is 1. The highest BCUT2D eigenvalue weighted by atomic mass is 32.2. The lowest BCUT2D eigenvalue weighted by atomic mass is 10.1. The highest BCUT2D eigenvalue weighted by Crippen LogP contribution is 2.25. The predicted molar refractivity (Wildman–Crippen MR) is 78.7 cm³/mol. The van der Waals surface area contributed by atoms with E-state index in [4.69, 9.17) is 0 Å². The molecule has 1 aromatic rings. The zero-order valence-electron chi connectivity index (χ0n) is 12.0. The third-order valence-corrected chi connectivity index (χ3v) is 5.38. The third kappa shape index (κ3) is 3.58. The standard InChI is InChI=1S/C13H19N3O4S/c1-9-5-12(16(17)18)6-13(10(9)2)21(19,20)15-8-11-3-4-14-7-11/h5-6,11,14-15H,3-4,7-8H2,1-2H3. The van der Waals surface area contributed by atoms with Gasteiger partial charge in [0.1, 0.15) is 0 Å². The van der Waals surface area contributed by atoms with Crippen LogP contribution in [0.5, 0.6) is 0 Å². The molecule has 0 aliphatic carbocycles. The number of benzene rings is 1. The third-order valence-electron chi connectivity index (χ3n) is 3.83. The average molecular weight is 313 g/mol. The number of aryl methyl sites for hydroxylation is 1. The van der Waals surface area contributed by atoms with Crippen LogP contribution in [-0.4, -0.2) is 33.0 Å². The maximum atomic E-state index is 12.4. The molecule has 8 heteroatoms. The van der Waals surface area contributed by atoms with Crippen LogP contribution in [0, 0.1) is 29.9 Å². The monoisotopic (exact) mass is 313 g/mol. The topological polar surface area (TPSA) is 101 Å². The molecule has 7 nitrogen and oxygen atoms in total. The fourth-order valence-electron chi connectivity index (χ4n) is 2.39. The number of nitrogens with zero attached hydrogens (tertiary/aromatic N) is 1. The number of nitro benzene ring substituents is 1. The van der Waals surface area contributed by atoms with E-state index in [1.807, 2.05) is 0 Å². The zero-order valence-corrected chi connectivity index (χ0v) is 12.9. The molecule has 1 saturated heterocycles. The minimum absolute atomic E-state index is 0.0137. The van der Waals surface area contributed by atoms with Gasteiger partial charge in [0.25, 0.3) is 5.69 Å². The van der Waals surface area contributed by atoms with Gasteiger partial charge in [0, 0.05) is 18.7 Å². The molecule has 1 aliphatic rings. The smallest absolute Gasteiger partial charge is 0.271 e. The van der Waals surface area contributed by atoms with Crippen LogP contribution in [0.15, 0.2) is 17.0 Å². The maximum Gasteiger partial charge on any atom is 0.271 e. The summed E-state index contributed by atoms with van der Waals surface area (Å²) in [5.41, 5.74) is 0.922. The molecule has 21 heavy (non-hydrogen) atoms. The molecule has 0 spiro atoms. The molecule has 1 atom stereocenters. The Bertz CT molecular complexity index is 652. The van der Waals surface area contributed by atoms with Crippen LogP contribution < -0.4 is 10.0 Å². The first kappa shape index (κ1) is 15.9. The van der Waals surface area contributed by atoms with Crippen LogP contribution in [0.2, 0.25) is 0 Å². The minimum atomic E-state index is -3.74. The Kier molecular flexibility index (Phi) is 4.60. The van der Waals surface area contributed by atoms with Crippen LogP contribution in [0.3, 0.4) is 0 Å². The highest BCUT2D eigenvalue weighted by molar-refractivity contribution is 7.89. The van der Waals surface area contributed by atoms with Crippen molar-refractivity contribution >= 4 is 15.7 Å². The lowest BCUT2D eigenvalue weighted by Crippen LogP contribution is -2.31. The molecule has 1 fully saturated rings. The van der Waals surface area contributed by atoms with Crippen LogP contribution in [0.4, 0.5) is 5.69 Å². The largest absolute Gasteiger partial charge is 0.316 e. The second kappa shape index (κ2) is 6.08. The van der Waals surface area contributed by atoms with Gasteiger partial charge in [-0.25, -0.2) is 13.1 Å². The Morgan fingerprint density at radius 2 is 2.14 bits per heavy atom. The van der Waals surface area contributed by atoms with Crippen molar-refractivity contribution in [3.05, 3.63) is 33.4 Å². The number of rotatable bonds is 5. The molecule has 0 amide bonds. The van der Waals surface area contributed by atoms with Gasteiger partial charge in [0.15, 0.2) is 0 Å². The van der Waals surface area contributed by atoms with E-state index >= 15 is 0 Å². The Balaban J connectivity index is 2.27. The fraction of sp³-hybridized carbons (Fsp3) is 0.538. The van der Waals surface area contributed by atoms with Gasteiger partial charge in [0.2, 0.25) is 10.0 Å². The highest BCUT2D eigenvalue weighted by Gasteiger charge is 2.24. The molecule has 2 rings (SSSR count). The quantitative estimate of drug-likeness (QED) is 0.626. The summed E-state index contributed by atoms with van der Waals surface area (Å²) in [7, 11) is -3.74. The van der Waals surface area contributed by atoms with Gasteiger partial charge in [-0.3, -0.25) is 10.1 Å². The van der Waals surface area contributed by atoms with Crippen LogP contribution in [0.25, 0.3) is 0 Å². The lowest BCUT2D eigenvalue weighted by molar-refractivity contribution is -0.385. The summed E-state index contributed by atoms with van der Waals surface area (Å²) in [5, 5.41) is 14.1. The van der Waals surface area contributed by atoms with E-state index in [0.29, 0.717) is 17.7 Å². The van der Waals surface area contributed by atoms with E-state index in [1.165, 1.54) is 6.07 Å². The molecular weight excluding hydrogens is 294 g/mol. The van der Waals surface area contributed by atoms with E-state index in [9.17, 15) is 18.5 Å². The molecule has 1 heterocycles. The van der Waals surface area contributed by atoms with Crippen molar-refractivity contribution in [1.82, 2.24) is 10.0 Å². The van der Waals surface area contributed by atoms with Crippen LogP contribution in [0.1, 0.15) is 17.5 Å². The summed E-state index contributed by atoms with van der Waals surface area (Å²) in [6.07, 6.45) is 0.926. The summed E-state index contributed by atoms with van der Waals surface area (Å²) >= 11 is 0. The number of sulfonamides is 1. The summed E-state index contributed by atoms with van der Waals surface area (Å²) in [6, 6.07) is 2.51. The molecule has 1 aliphatic heterocycles. The first-order valence-electron chi connectivity index (χ1n) is 6.77. The Labute approximate surface area is 123 Å². The minimum Gasteiger partial charge on any atom is -0.316 e. The molecule has 1 aromatic carbocycles. The number of nitrogens with one attached hydrogen (secondary N) is 2. The predicted octanol–water partition coefficient (Wildman–Crippen LogP) is 1.10. The lowest BCUT2D eigenvalue weighted by Gasteiger charge is -2.13. The Morgan fingerprint density at radius 1 is 1.43 bits per heavy atom. The summed E-state index contributed by atoms with van der Waals surface area (Å²) in [6.45, 7) is 5.35. The van der Waals surface area contributed by atoms with Gasteiger partial charge in [0.05, 0.1) is 9.82 Å². The average Bonchev–Trinajstić information content (AvgIpc) is 2.92. The van der Waals surface area contributed by atoms with Crippen LogP contribution in [-0.2, 0) is 10.0 Å². The normalized spacial score (nSPS) is 18.9. The van der Waals surface area contributed by atoms with E-state index in [-0.39, 0.29) is 16.5 Å². The maximum absolute atomic E-state index is 12.4. The van der Waals surface area contributed by atoms with E-state index < -0.39 is 14.9 Å². The summed E-state index contributed by atoms with van der Waals surface area (Å²) < 4.78 is 27.3. The summed E-state index contributed by atoms with van der Waals surface area (Å²) in [4.78, 5) is 10.3. The van der Waals surface area contributed by atoms with Gasteiger partial charge in [-0.1, -0.05) is 0 Å². The van der Waals surface area contributed by atoms with Crippen molar-refractivity contribution in [3.63, 3.8) is 0 Å². The first-order chi connectivity index (χ1) is 9.81. The molecule has 0 saturated carbocycles. The fourth-order valence-corrected chi connectivity index (χ4v) is 3.84. The van der Waals surface area contributed by atoms with Crippen molar-refractivity contribution in [2.45, 2.75) is 25.2 Å². The van der Waals surface area contributed by atoms with Gasteiger partial charge >= 0.3 is 0 Å². The summed E-state index contributed by atoms with van der Waals surface area (Å²) in [5.74, 6) is 0.264. The second-order valence-electron chi connectivity index (χ2n) is 5.35. The Morgan fingerprint density at radius 3 is 2.71 bits per heavy atom. The van der Waals surface area contributed by atoms with Crippen molar-refractivity contribution in [2.75, 3.05) is 19.6 Å².